The van der Waals surface area contributed by atoms with Crippen LogP contribution in [0.25, 0.3) is 0 Å². The van der Waals surface area contributed by atoms with Crippen LogP contribution in [0, 0.1) is 17.8 Å². The summed E-state index contributed by atoms with van der Waals surface area (Å²) in [4.78, 5) is 39.5. The fourth-order valence-corrected chi connectivity index (χ4v) is 3.36. The molecule has 0 heterocycles. The van der Waals surface area contributed by atoms with Crippen molar-refractivity contribution in [3.63, 3.8) is 0 Å². The van der Waals surface area contributed by atoms with E-state index in [1.165, 1.54) is 0 Å². The van der Waals surface area contributed by atoms with Crippen molar-refractivity contribution >= 4 is 17.5 Å². The predicted molar refractivity (Wildman–Crippen MR) is 119 cm³/mol. The van der Waals surface area contributed by atoms with Gasteiger partial charge >= 0.3 is 5.97 Å². The summed E-state index contributed by atoms with van der Waals surface area (Å²) in [6.07, 6.45) is 3.36. The van der Waals surface area contributed by atoms with Gasteiger partial charge in [0.25, 0.3) is 0 Å². The number of esters is 1. The van der Waals surface area contributed by atoms with Gasteiger partial charge in [-0.15, -0.1) is 0 Å². The zero-order chi connectivity index (χ0) is 22.9. The lowest BCUT2D eigenvalue weighted by Gasteiger charge is -2.31. The van der Waals surface area contributed by atoms with E-state index in [1.807, 2.05) is 54.5 Å². The van der Waals surface area contributed by atoms with Gasteiger partial charge in [-0.05, 0) is 48.5 Å². The summed E-state index contributed by atoms with van der Waals surface area (Å²) < 4.78 is 5.24. The van der Waals surface area contributed by atoms with Crippen LogP contribution >= 0.6 is 0 Å². The second-order valence-corrected chi connectivity index (χ2v) is 9.69. The highest BCUT2D eigenvalue weighted by Gasteiger charge is 2.36. The zero-order valence-corrected chi connectivity index (χ0v) is 19.3. The Morgan fingerprint density at radius 3 is 1.90 bits per heavy atom. The molecule has 1 aromatic carbocycles. The van der Waals surface area contributed by atoms with Crippen molar-refractivity contribution in [2.24, 2.45) is 10.8 Å². The van der Waals surface area contributed by atoms with E-state index < -0.39 is 22.6 Å². The van der Waals surface area contributed by atoms with Gasteiger partial charge in [0.1, 0.15) is 5.57 Å². The molecule has 0 fully saturated rings. The molecule has 2 rings (SSSR count). The van der Waals surface area contributed by atoms with E-state index in [0.29, 0.717) is 22.3 Å². The van der Waals surface area contributed by atoms with Crippen LogP contribution in [-0.4, -0.2) is 24.1 Å². The standard InChI is InChI=1S/C26H32O4/c1-9-30-24(29)21(22(27)17-12-10-11-16(2)13-17)18-14-19(25(3,4)5)23(28)20(15-18)26(6,7)8/h10-15H,9H2,1-8H3. The van der Waals surface area contributed by atoms with Crippen molar-refractivity contribution in [1.82, 2.24) is 0 Å². The number of benzene rings is 1. The average molecular weight is 409 g/mol. The van der Waals surface area contributed by atoms with E-state index in [-0.39, 0.29) is 18.0 Å². The fraction of sp³-hybridized carbons (Fsp3) is 0.423. The molecule has 0 N–H and O–H groups in total. The lowest BCUT2D eigenvalue weighted by Crippen LogP contribution is -2.29. The van der Waals surface area contributed by atoms with E-state index in [1.54, 1.807) is 37.3 Å². The fourth-order valence-electron chi connectivity index (χ4n) is 3.36. The summed E-state index contributed by atoms with van der Waals surface area (Å²) >= 11 is 0. The molecular formula is C26H32O4. The maximum atomic E-state index is 13.4. The number of carbonyl (C=O) groups excluding carboxylic acids is 3. The monoisotopic (exact) mass is 408 g/mol. The van der Waals surface area contributed by atoms with E-state index in [4.69, 9.17) is 4.74 Å². The predicted octanol–water partition coefficient (Wildman–Crippen LogP) is 5.57. The van der Waals surface area contributed by atoms with Crippen LogP contribution in [0.5, 0.6) is 0 Å². The third-order valence-electron chi connectivity index (χ3n) is 4.98. The second-order valence-electron chi connectivity index (χ2n) is 9.69. The van der Waals surface area contributed by atoms with Crippen molar-refractivity contribution in [1.29, 1.82) is 0 Å². The first-order chi connectivity index (χ1) is 13.8. The first kappa shape index (κ1) is 23.5. The number of aryl methyl sites for hydroxylation is 1. The van der Waals surface area contributed by atoms with Crippen molar-refractivity contribution < 1.29 is 19.1 Å². The molecule has 0 aliphatic heterocycles. The van der Waals surface area contributed by atoms with E-state index in [0.717, 1.165) is 5.56 Å². The third kappa shape index (κ3) is 5.05. The van der Waals surface area contributed by atoms with Gasteiger partial charge in [0, 0.05) is 16.7 Å². The summed E-state index contributed by atoms with van der Waals surface area (Å²) in [5, 5.41) is 0. The van der Waals surface area contributed by atoms with Crippen molar-refractivity contribution in [2.75, 3.05) is 6.61 Å². The van der Waals surface area contributed by atoms with Crippen molar-refractivity contribution in [3.8, 4) is 0 Å². The minimum absolute atomic E-state index is 0.0431. The average Bonchev–Trinajstić information content (AvgIpc) is 2.61. The van der Waals surface area contributed by atoms with Crippen LogP contribution in [0.1, 0.15) is 64.4 Å². The van der Waals surface area contributed by atoms with E-state index >= 15 is 0 Å². The Hall–Kier alpha value is -2.75. The molecule has 0 bridgehead atoms. The normalized spacial score (nSPS) is 14.8. The summed E-state index contributed by atoms with van der Waals surface area (Å²) in [6.45, 7) is 15.5. The van der Waals surface area contributed by atoms with E-state index in [2.05, 4.69) is 0 Å². The second kappa shape index (κ2) is 8.55. The number of Topliss-reactive ketones (excluding diaryl/α,β-unsaturated/α-hetero) is 2. The summed E-state index contributed by atoms with van der Waals surface area (Å²) in [5.41, 5.74) is 1.97. The van der Waals surface area contributed by atoms with Gasteiger partial charge in [-0.25, -0.2) is 4.79 Å². The Balaban J connectivity index is 2.84. The minimum atomic E-state index is -0.678. The number of rotatable bonds is 4. The van der Waals surface area contributed by atoms with Crippen LogP contribution in [-0.2, 0) is 14.3 Å². The largest absolute Gasteiger partial charge is 0.462 e. The molecule has 4 nitrogen and oxygen atoms in total. The first-order valence-corrected chi connectivity index (χ1v) is 10.3. The van der Waals surface area contributed by atoms with Gasteiger partial charge in [0.2, 0.25) is 5.78 Å². The van der Waals surface area contributed by atoms with Gasteiger partial charge in [0.15, 0.2) is 5.78 Å². The molecule has 0 saturated carbocycles. The van der Waals surface area contributed by atoms with Gasteiger partial charge in [-0.2, -0.15) is 0 Å². The molecule has 1 aliphatic rings. The number of allylic oxidation sites excluding steroid dienone is 5. The van der Waals surface area contributed by atoms with Crippen LogP contribution in [0.3, 0.4) is 0 Å². The van der Waals surface area contributed by atoms with Gasteiger partial charge in [-0.3, -0.25) is 9.59 Å². The van der Waals surface area contributed by atoms with Crippen LogP contribution in [0.15, 0.2) is 58.7 Å². The van der Waals surface area contributed by atoms with Gasteiger partial charge in [0.05, 0.1) is 6.61 Å². The Bertz CT molecular complexity index is 937. The highest BCUT2D eigenvalue weighted by atomic mass is 16.5. The van der Waals surface area contributed by atoms with Crippen LogP contribution in [0.2, 0.25) is 0 Å². The van der Waals surface area contributed by atoms with Crippen molar-refractivity contribution in [2.45, 2.75) is 55.4 Å². The molecule has 0 radical (unpaired) electrons. The molecule has 30 heavy (non-hydrogen) atoms. The maximum absolute atomic E-state index is 13.4. The molecule has 0 saturated heterocycles. The van der Waals surface area contributed by atoms with Crippen LogP contribution in [0.4, 0.5) is 0 Å². The number of ketones is 2. The lowest BCUT2D eigenvalue weighted by atomic mass is 9.71. The molecule has 0 atom stereocenters. The molecule has 1 aliphatic carbocycles. The van der Waals surface area contributed by atoms with Gasteiger partial charge < -0.3 is 4.74 Å². The molecule has 4 heteroatoms. The Labute approximate surface area is 179 Å². The highest BCUT2D eigenvalue weighted by Crippen LogP contribution is 2.39. The number of carbonyl (C=O) groups is 3. The maximum Gasteiger partial charge on any atom is 0.342 e. The molecule has 0 spiro atoms. The first-order valence-electron chi connectivity index (χ1n) is 10.3. The van der Waals surface area contributed by atoms with Crippen LogP contribution < -0.4 is 0 Å². The highest BCUT2D eigenvalue weighted by molar-refractivity contribution is 6.26. The molecule has 160 valence electrons. The Morgan fingerprint density at radius 2 is 1.47 bits per heavy atom. The SMILES string of the molecule is CCOC(=O)C(C(=O)c1cccc(C)c1)=C1C=C(C(C)(C)C)C(=O)C(C(C)(C)C)=C1. The summed E-state index contributed by atoms with van der Waals surface area (Å²) in [5.74, 6) is -1.14. The molecule has 0 unspecified atom stereocenters. The van der Waals surface area contributed by atoms with Crippen molar-refractivity contribution in [3.05, 3.63) is 69.8 Å². The Morgan fingerprint density at radius 1 is 0.933 bits per heavy atom. The third-order valence-corrected chi connectivity index (χ3v) is 4.98. The van der Waals surface area contributed by atoms with E-state index in [9.17, 15) is 14.4 Å². The number of hydrogen-bond donors (Lipinski definition) is 0. The summed E-state index contributed by atoms with van der Waals surface area (Å²) in [6, 6.07) is 7.11. The quantitative estimate of drug-likeness (QED) is 0.215. The molecule has 0 amide bonds. The molecular weight excluding hydrogens is 376 g/mol. The molecule has 0 aromatic heterocycles. The topological polar surface area (TPSA) is 60.4 Å². The Kier molecular flexibility index (Phi) is 6.70. The van der Waals surface area contributed by atoms with Gasteiger partial charge in [-0.1, -0.05) is 65.3 Å². The number of hydrogen-bond acceptors (Lipinski definition) is 4. The lowest BCUT2D eigenvalue weighted by molar-refractivity contribution is -0.138. The zero-order valence-electron chi connectivity index (χ0n) is 19.3. The minimum Gasteiger partial charge on any atom is -0.462 e. The summed E-state index contributed by atoms with van der Waals surface area (Å²) in [7, 11) is 0. The molecule has 1 aromatic rings. The number of ether oxygens (including phenoxy) is 1. The smallest absolute Gasteiger partial charge is 0.342 e.